The Labute approximate surface area is 273 Å². The van der Waals surface area contributed by atoms with Crippen LogP contribution in [0.5, 0.6) is 0 Å². The van der Waals surface area contributed by atoms with E-state index in [2.05, 4.69) is 105 Å². The van der Waals surface area contributed by atoms with Crippen molar-refractivity contribution in [2.45, 2.75) is 168 Å². The Morgan fingerprint density at radius 2 is 1.47 bits per heavy atom. The molecule has 4 aliphatic carbocycles. The molecule has 0 heterocycles. The summed E-state index contributed by atoms with van der Waals surface area (Å²) >= 11 is 2.08. The van der Waals surface area contributed by atoms with Gasteiger partial charge in [-0.1, -0.05) is 78.7 Å². The van der Waals surface area contributed by atoms with Gasteiger partial charge >= 0.3 is 0 Å². The van der Waals surface area contributed by atoms with Crippen LogP contribution in [0.3, 0.4) is 0 Å². The fraction of sp³-hybridized carbons (Fsp3) is 0.892. The lowest BCUT2D eigenvalue weighted by molar-refractivity contribution is -0.0422. The molecule has 3 fully saturated rings. The zero-order chi connectivity index (χ0) is 32.4. The van der Waals surface area contributed by atoms with Crippen LogP contribution >= 0.6 is 11.8 Å². The van der Waals surface area contributed by atoms with Gasteiger partial charge in [0.1, 0.15) is 0 Å². The Morgan fingerprint density at radius 3 is 2.05 bits per heavy atom. The zero-order valence-corrected chi connectivity index (χ0v) is 33.4. The SMILES string of the molecule is CC(C)(O)CCSC[C@H]1CC[C@H]2C3=CC=C4C[C@@H](O[Si](C)(C)C(C)(C)C)C[C@H](O[Si](C)(C)C(C)(C)C)[C@]4(C)[C@H]3CC[C@]12C. The van der Waals surface area contributed by atoms with Crippen LogP contribution in [0.15, 0.2) is 23.3 Å². The molecule has 0 bridgehead atoms. The molecule has 4 aliphatic rings. The predicted molar refractivity (Wildman–Crippen MR) is 193 cm³/mol. The van der Waals surface area contributed by atoms with Crippen LogP contribution in [0.25, 0.3) is 0 Å². The van der Waals surface area contributed by atoms with E-state index in [1.807, 2.05) is 13.8 Å². The number of hydrogen-bond acceptors (Lipinski definition) is 4. The van der Waals surface area contributed by atoms with Gasteiger partial charge in [0, 0.05) is 5.41 Å². The van der Waals surface area contributed by atoms with E-state index in [1.54, 1.807) is 11.1 Å². The third-order valence-corrected chi connectivity index (χ3v) is 23.6. The van der Waals surface area contributed by atoms with Crippen molar-refractivity contribution in [1.29, 1.82) is 0 Å². The van der Waals surface area contributed by atoms with Crippen LogP contribution in [0.2, 0.25) is 36.3 Å². The highest BCUT2D eigenvalue weighted by atomic mass is 32.2. The van der Waals surface area contributed by atoms with E-state index in [-0.39, 0.29) is 27.7 Å². The highest BCUT2D eigenvalue weighted by Crippen LogP contribution is 2.66. The van der Waals surface area contributed by atoms with Crippen LogP contribution in [0.1, 0.15) is 114 Å². The summed E-state index contributed by atoms with van der Waals surface area (Å²) in [7, 11) is -3.89. The van der Waals surface area contributed by atoms with E-state index in [1.165, 1.54) is 31.4 Å². The summed E-state index contributed by atoms with van der Waals surface area (Å²) in [5, 5.41) is 10.6. The van der Waals surface area contributed by atoms with Gasteiger partial charge in [0.2, 0.25) is 0 Å². The fourth-order valence-electron chi connectivity index (χ4n) is 8.32. The largest absolute Gasteiger partial charge is 0.414 e. The number of fused-ring (bicyclic) bond motifs is 5. The summed E-state index contributed by atoms with van der Waals surface area (Å²) in [6.07, 6.45) is 13.8. The summed E-state index contributed by atoms with van der Waals surface area (Å²) in [6.45, 7) is 33.1. The highest BCUT2D eigenvalue weighted by molar-refractivity contribution is 7.99. The second-order valence-corrected chi connectivity index (χ2v) is 29.7. The molecule has 7 atom stereocenters. The molecule has 1 N–H and O–H groups in total. The van der Waals surface area contributed by atoms with Crippen LogP contribution in [-0.2, 0) is 8.85 Å². The topological polar surface area (TPSA) is 38.7 Å². The highest BCUT2D eigenvalue weighted by Gasteiger charge is 2.60. The normalized spacial score (nSPS) is 35.6. The Bertz CT molecular complexity index is 1070. The van der Waals surface area contributed by atoms with Gasteiger partial charge in [-0.2, -0.15) is 11.8 Å². The minimum Gasteiger partial charge on any atom is -0.414 e. The van der Waals surface area contributed by atoms with Crippen molar-refractivity contribution in [1.82, 2.24) is 0 Å². The van der Waals surface area contributed by atoms with Crippen LogP contribution in [-0.4, -0.2) is 51.1 Å². The molecule has 0 aromatic rings. The standard InChI is InChI=1S/C37H68O3SSi2/c1-33(2,3)42(11,12)39-28-23-26-15-17-29-30-18-16-27(25-41-22-21-35(7,8)38)36(30,9)20-19-31(29)37(26,10)32(24-28)40-43(13,14)34(4,5)6/h15,17,27-28,30-32,38H,16,18-25H2,1-14H3/t27-,28-,30+,31+,32+,36-,37+/m1/s1. The van der Waals surface area contributed by atoms with E-state index in [4.69, 9.17) is 8.85 Å². The molecule has 0 aliphatic heterocycles. The number of aliphatic hydroxyl groups is 1. The van der Waals surface area contributed by atoms with E-state index < -0.39 is 22.2 Å². The lowest BCUT2D eigenvalue weighted by Gasteiger charge is -2.59. The molecule has 43 heavy (non-hydrogen) atoms. The van der Waals surface area contributed by atoms with E-state index in [9.17, 15) is 5.11 Å². The van der Waals surface area contributed by atoms with E-state index >= 15 is 0 Å². The number of allylic oxidation sites excluding steroid dienone is 3. The minimum atomic E-state index is -1.99. The Hall–Kier alpha value is 0.144. The maximum absolute atomic E-state index is 10.2. The third-order valence-electron chi connectivity index (χ3n) is 13.5. The van der Waals surface area contributed by atoms with Crippen molar-refractivity contribution in [3.05, 3.63) is 23.3 Å². The van der Waals surface area contributed by atoms with Crippen LogP contribution in [0.4, 0.5) is 0 Å². The quantitative estimate of drug-likeness (QED) is 0.199. The molecule has 0 amide bonds. The van der Waals surface area contributed by atoms with Gasteiger partial charge in [0.15, 0.2) is 16.6 Å². The van der Waals surface area contributed by atoms with Gasteiger partial charge in [-0.15, -0.1) is 0 Å². The Morgan fingerprint density at radius 1 is 0.860 bits per heavy atom. The fourth-order valence-corrected chi connectivity index (χ4v) is 12.7. The summed E-state index contributed by atoms with van der Waals surface area (Å²) in [5.74, 6) is 4.34. The van der Waals surface area contributed by atoms with Crippen LogP contribution < -0.4 is 0 Å². The average Bonchev–Trinajstić information content (AvgIpc) is 3.16. The molecule has 3 nitrogen and oxygen atoms in total. The predicted octanol–water partition coefficient (Wildman–Crippen LogP) is 10.8. The van der Waals surface area contributed by atoms with Gasteiger partial charge in [-0.05, 0) is 130 Å². The van der Waals surface area contributed by atoms with Crippen molar-refractivity contribution >= 4 is 28.4 Å². The Balaban J connectivity index is 1.63. The first kappa shape index (κ1) is 36.0. The van der Waals surface area contributed by atoms with Gasteiger partial charge in [0.05, 0.1) is 17.8 Å². The van der Waals surface area contributed by atoms with Crippen molar-refractivity contribution < 1.29 is 14.0 Å². The first-order valence-electron chi connectivity index (χ1n) is 17.5. The summed E-state index contributed by atoms with van der Waals surface area (Å²) < 4.78 is 14.7. The van der Waals surface area contributed by atoms with E-state index in [0.29, 0.717) is 17.3 Å². The average molecular weight is 649 g/mol. The molecule has 0 radical (unpaired) electrons. The molecule has 248 valence electrons. The summed E-state index contributed by atoms with van der Waals surface area (Å²) in [4.78, 5) is 0. The summed E-state index contributed by atoms with van der Waals surface area (Å²) in [6, 6.07) is 0. The lowest BCUT2D eigenvalue weighted by atomic mass is 9.50. The van der Waals surface area contributed by atoms with Gasteiger partial charge in [-0.25, -0.2) is 0 Å². The second-order valence-electron chi connectivity index (χ2n) is 19.0. The molecule has 6 heteroatoms. The molecule has 0 unspecified atom stereocenters. The van der Waals surface area contributed by atoms with Crippen molar-refractivity contribution in [3.8, 4) is 0 Å². The molecule has 0 saturated heterocycles. The van der Waals surface area contributed by atoms with Crippen molar-refractivity contribution in [2.24, 2.45) is 28.6 Å². The lowest BCUT2D eigenvalue weighted by Crippen LogP contribution is -2.58. The smallest absolute Gasteiger partial charge is 0.192 e. The molecule has 0 aromatic heterocycles. The van der Waals surface area contributed by atoms with Gasteiger partial charge in [0.25, 0.3) is 0 Å². The molecular formula is C37H68O3SSi2. The second kappa shape index (κ2) is 12.0. The number of thioether (sulfide) groups is 1. The minimum absolute atomic E-state index is 0.0494. The third kappa shape index (κ3) is 7.05. The number of hydrogen-bond donors (Lipinski definition) is 1. The molecule has 0 aromatic carbocycles. The molecule has 3 saturated carbocycles. The summed E-state index contributed by atoms with van der Waals surface area (Å²) in [5.41, 5.74) is 3.23. The zero-order valence-electron chi connectivity index (χ0n) is 30.6. The number of rotatable bonds is 9. The van der Waals surface area contributed by atoms with Gasteiger partial charge < -0.3 is 14.0 Å². The monoisotopic (exact) mass is 648 g/mol. The first-order chi connectivity index (χ1) is 19.4. The molecule has 4 rings (SSSR count). The molecule has 0 spiro atoms. The first-order valence-corrected chi connectivity index (χ1v) is 24.5. The van der Waals surface area contributed by atoms with Gasteiger partial charge in [-0.3, -0.25) is 0 Å². The Kier molecular flexibility index (Phi) is 10.0. The van der Waals surface area contributed by atoms with Crippen molar-refractivity contribution in [3.63, 3.8) is 0 Å². The van der Waals surface area contributed by atoms with E-state index in [0.717, 1.165) is 30.9 Å². The van der Waals surface area contributed by atoms with Crippen molar-refractivity contribution in [2.75, 3.05) is 11.5 Å². The molecular weight excluding hydrogens is 581 g/mol. The van der Waals surface area contributed by atoms with Crippen LogP contribution in [0, 0.1) is 28.6 Å². The maximum Gasteiger partial charge on any atom is 0.192 e. The maximum atomic E-state index is 10.2.